The summed E-state index contributed by atoms with van der Waals surface area (Å²) in [4.78, 5) is 13.3. The zero-order valence-corrected chi connectivity index (χ0v) is 12.9. The summed E-state index contributed by atoms with van der Waals surface area (Å²) in [7, 11) is 0. The summed E-state index contributed by atoms with van der Waals surface area (Å²) >= 11 is 0. The molecule has 2 aliphatic rings. The standard InChI is InChI=1S/C13H15NO2.C6H4/c1-3-14(4-2)11-7-5-10-6-8-13(15)16-12(10)9-11;1-2-5-4-6(5)3-1/h5-9H,3-4H2,1-2H3;1-4H. The number of anilines is 1. The predicted molar refractivity (Wildman–Crippen MR) is 91.5 cm³/mol. The minimum Gasteiger partial charge on any atom is -0.423 e. The molecule has 112 valence electrons. The Morgan fingerprint density at radius 2 is 1.59 bits per heavy atom. The summed E-state index contributed by atoms with van der Waals surface area (Å²) in [6, 6.07) is 17.7. The highest BCUT2D eigenvalue weighted by Gasteiger charge is 2.07. The lowest BCUT2D eigenvalue weighted by Gasteiger charge is -2.20. The van der Waals surface area contributed by atoms with Crippen molar-refractivity contribution in [1.82, 2.24) is 0 Å². The van der Waals surface area contributed by atoms with E-state index in [0.717, 1.165) is 24.2 Å². The minimum atomic E-state index is -0.302. The van der Waals surface area contributed by atoms with Crippen LogP contribution in [0.1, 0.15) is 13.8 Å². The SMILES string of the molecule is CCN(CC)c1ccc2ccc(=O)oc2c1.c1cc2cc-2c1. The van der Waals surface area contributed by atoms with Gasteiger partial charge in [-0.05, 0) is 49.2 Å². The van der Waals surface area contributed by atoms with Gasteiger partial charge in [-0.25, -0.2) is 4.79 Å². The van der Waals surface area contributed by atoms with Crippen molar-refractivity contribution in [2.45, 2.75) is 13.8 Å². The number of rotatable bonds is 3. The van der Waals surface area contributed by atoms with Crippen LogP contribution in [0.3, 0.4) is 0 Å². The first kappa shape index (κ1) is 14.4. The van der Waals surface area contributed by atoms with E-state index < -0.39 is 0 Å². The third-order valence-electron chi connectivity index (χ3n) is 3.85. The predicted octanol–water partition coefficient (Wildman–Crippen LogP) is 4.31. The van der Waals surface area contributed by atoms with E-state index in [1.54, 1.807) is 6.07 Å². The van der Waals surface area contributed by atoms with Crippen LogP contribution in [0.25, 0.3) is 22.1 Å². The van der Waals surface area contributed by atoms with Crippen molar-refractivity contribution >= 4 is 16.7 Å². The molecule has 0 amide bonds. The van der Waals surface area contributed by atoms with E-state index in [4.69, 9.17) is 4.42 Å². The lowest BCUT2D eigenvalue weighted by Crippen LogP contribution is -2.21. The number of hydrogen-bond donors (Lipinski definition) is 0. The quantitative estimate of drug-likeness (QED) is 0.528. The fourth-order valence-corrected chi connectivity index (χ4v) is 2.51. The van der Waals surface area contributed by atoms with Gasteiger partial charge in [0.05, 0.1) is 0 Å². The molecule has 0 saturated heterocycles. The van der Waals surface area contributed by atoms with E-state index >= 15 is 0 Å². The molecule has 1 aromatic heterocycles. The molecule has 2 aromatic rings. The zero-order valence-electron chi connectivity index (χ0n) is 12.9. The van der Waals surface area contributed by atoms with E-state index in [-0.39, 0.29) is 5.63 Å². The summed E-state index contributed by atoms with van der Waals surface area (Å²) < 4.78 is 5.16. The molecule has 0 radical (unpaired) electrons. The molecule has 3 heteroatoms. The largest absolute Gasteiger partial charge is 0.423 e. The second-order valence-electron chi connectivity index (χ2n) is 5.23. The molecule has 0 fully saturated rings. The summed E-state index contributed by atoms with van der Waals surface area (Å²) in [6.07, 6.45) is 0. The van der Waals surface area contributed by atoms with Gasteiger partial charge in [0.15, 0.2) is 0 Å². The van der Waals surface area contributed by atoms with Crippen LogP contribution in [0.5, 0.6) is 0 Å². The second-order valence-corrected chi connectivity index (χ2v) is 5.23. The average molecular weight is 293 g/mol. The Morgan fingerprint density at radius 3 is 2.14 bits per heavy atom. The molecule has 2 aliphatic carbocycles. The Morgan fingerprint density at radius 1 is 0.909 bits per heavy atom. The van der Waals surface area contributed by atoms with Gasteiger partial charge in [0.2, 0.25) is 0 Å². The molecular formula is C19H19NO2. The monoisotopic (exact) mass is 293 g/mol. The topological polar surface area (TPSA) is 33.5 Å². The van der Waals surface area contributed by atoms with E-state index in [1.807, 2.05) is 12.1 Å². The maximum absolute atomic E-state index is 11.1. The normalized spacial score (nSPS) is 10.8. The maximum atomic E-state index is 11.1. The van der Waals surface area contributed by atoms with Crippen LogP contribution in [0.4, 0.5) is 5.69 Å². The summed E-state index contributed by atoms with van der Waals surface area (Å²) in [5, 5.41) is 0.954. The van der Waals surface area contributed by atoms with Crippen molar-refractivity contribution in [3.8, 4) is 11.1 Å². The minimum absolute atomic E-state index is 0.302. The first-order chi connectivity index (χ1) is 10.7. The molecule has 1 heterocycles. The highest BCUT2D eigenvalue weighted by atomic mass is 16.4. The smallest absolute Gasteiger partial charge is 0.336 e. The van der Waals surface area contributed by atoms with Gasteiger partial charge in [0.25, 0.3) is 0 Å². The van der Waals surface area contributed by atoms with Crippen molar-refractivity contribution in [3.05, 3.63) is 65.0 Å². The van der Waals surface area contributed by atoms with Gasteiger partial charge in [-0.2, -0.15) is 0 Å². The van der Waals surface area contributed by atoms with Crippen LogP contribution in [0.2, 0.25) is 0 Å². The van der Waals surface area contributed by atoms with Gasteiger partial charge >= 0.3 is 5.63 Å². The first-order valence-electron chi connectivity index (χ1n) is 7.60. The third kappa shape index (κ3) is 3.03. The second kappa shape index (κ2) is 6.06. The molecular weight excluding hydrogens is 274 g/mol. The molecule has 0 aliphatic heterocycles. The van der Waals surface area contributed by atoms with Crippen LogP contribution in [-0.2, 0) is 0 Å². The van der Waals surface area contributed by atoms with Gasteiger partial charge in [-0.3, -0.25) is 0 Å². The fraction of sp³-hybridized carbons (Fsp3) is 0.211. The van der Waals surface area contributed by atoms with Crippen LogP contribution in [0, 0.1) is 0 Å². The van der Waals surface area contributed by atoms with Crippen LogP contribution in [0.15, 0.2) is 63.8 Å². The molecule has 22 heavy (non-hydrogen) atoms. The molecule has 0 N–H and O–H groups in total. The third-order valence-corrected chi connectivity index (χ3v) is 3.85. The summed E-state index contributed by atoms with van der Waals surface area (Å²) in [6.45, 7) is 6.10. The number of fused-ring (bicyclic) bond motifs is 2. The highest BCUT2D eigenvalue weighted by molar-refractivity contribution is 5.81. The number of nitrogens with zero attached hydrogens (tertiary/aromatic N) is 1. The lowest BCUT2D eigenvalue weighted by atomic mass is 10.2. The zero-order chi connectivity index (χ0) is 15.5. The Labute approximate surface area is 129 Å². The first-order valence-corrected chi connectivity index (χ1v) is 7.60. The molecule has 3 nitrogen and oxygen atoms in total. The molecule has 1 aromatic carbocycles. The Bertz CT molecular complexity index is 830. The van der Waals surface area contributed by atoms with Crippen molar-refractivity contribution < 1.29 is 4.42 Å². The highest BCUT2D eigenvalue weighted by Crippen LogP contribution is 2.32. The fourth-order valence-electron chi connectivity index (χ4n) is 2.51. The van der Waals surface area contributed by atoms with E-state index in [0.29, 0.717) is 5.58 Å². The number of benzene rings is 2. The lowest BCUT2D eigenvalue weighted by molar-refractivity contribution is 0.561. The van der Waals surface area contributed by atoms with Crippen LogP contribution >= 0.6 is 0 Å². The van der Waals surface area contributed by atoms with Crippen LogP contribution in [-0.4, -0.2) is 13.1 Å². The van der Waals surface area contributed by atoms with Crippen molar-refractivity contribution in [2.75, 3.05) is 18.0 Å². The molecule has 0 spiro atoms. The molecule has 0 unspecified atom stereocenters. The number of hydrogen-bond acceptors (Lipinski definition) is 3. The van der Waals surface area contributed by atoms with E-state index in [9.17, 15) is 4.79 Å². The average Bonchev–Trinajstić information content (AvgIpc) is 3.14. The van der Waals surface area contributed by atoms with E-state index in [1.165, 1.54) is 17.2 Å². The van der Waals surface area contributed by atoms with Crippen molar-refractivity contribution in [3.63, 3.8) is 0 Å². The van der Waals surface area contributed by atoms with Gasteiger partial charge in [0.1, 0.15) is 5.58 Å². The Kier molecular flexibility index (Phi) is 3.96. The van der Waals surface area contributed by atoms with E-state index in [2.05, 4.69) is 49.1 Å². The van der Waals surface area contributed by atoms with Gasteiger partial charge in [-0.15, -0.1) is 0 Å². The van der Waals surface area contributed by atoms with Crippen molar-refractivity contribution in [1.29, 1.82) is 0 Å². The molecule has 0 atom stereocenters. The summed E-state index contributed by atoms with van der Waals surface area (Å²) in [5.74, 6) is 0. The summed E-state index contributed by atoms with van der Waals surface area (Å²) in [5.41, 5.74) is 4.29. The van der Waals surface area contributed by atoms with Crippen molar-refractivity contribution in [2.24, 2.45) is 0 Å². The molecule has 0 saturated carbocycles. The van der Waals surface area contributed by atoms with Crippen LogP contribution < -0.4 is 10.5 Å². The Balaban J connectivity index is 0.000000196. The molecule has 4 rings (SSSR count). The maximum Gasteiger partial charge on any atom is 0.336 e. The molecule has 0 bridgehead atoms. The Hall–Kier alpha value is -2.55. The van der Waals surface area contributed by atoms with Gasteiger partial charge < -0.3 is 9.32 Å². The van der Waals surface area contributed by atoms with Gasteiger partial charge in [0, 0.05) is 36.3 Å². The van der Waals surface area contributed by atoms with Gasteiger partial charge in [-0.1, -0.05) is 18.2 Å².